The van der Waals surface area contributed by atoms with Gasteiger partial charge in [0.05, 0.1) is 16.3 Å². The molecule has 0 saturated carbocycles. The summed E-state index contributed by atoms with van der Waals surface area (Å²) in [7, 11) is 0. The number of aromatic nitrogens is 2. The molecule has 0 saturated heterocycles. The van der Waals surface area contributed by atoms with Crippen LogP contribution in [0.25, 0.3) is 20.7 Å². The van der Waals surface area contributed by atoms with Crippen molar-refractivity contribution in [2.75, 3.05) is 5.75 Å². The Labute approximate surface area is 135 Å². The monoisotopic (exact) mass is 329 g/mol. The van der Waals surface area contributed by atoms with Gasteiger partial charge in [-0.15, -0.1) is 23.1 Å². The van der Waals surface area contributed by atoms with Gasteiger partial charge in [-0.3, -0.25) is 0 Å². The van der Waals surface area contributed by atoms with E-state index < -0.39 is 0 Å². The van der Waals surface area contributed by atoms with Crippen LogP contribution in [0.3, 0.4) is 0 Å². The predicted octanol–water partition coefficient (Wildman–Crippen LogP) is 4.89. The van der Waals surface area contributed by atoms with Crippen molar-refractivity contribution in [3.8, 4) is 16.5 Å². The van der Waals surface area contributed by atoms with Gasteiger partial charge in [-0.1, -0.05) is 12.1 Å². The van der Waals surface area contributed by atoms with Crippen LogP contribution in [0.4, 0.5) is 4.39 Å². The number of nitriles is 1. The summed E-state index contributed by atoms with van der Waals surface area (Å²) in [5.74, 6) is 0.627. The number of thiophene rings is 1. The van der Waals surface area contributed by atoms with E-state index in [-0.39, 0.29) is 5.82 Å². The lowest BCUT2D eigenvalue weighted by Crippen LogP contribution is -1.85. The summed E-state index contributed by atoms with van der Waals surface area (Å²) >= 11 is 3.26. The van der Waals surface area contributed by atoms with E-state index in [1.54, 1.807) is 41.6 Å². The third kappa shape index (κ3) is 3.26. The molecule has 2 aromatic heterocycles. The molecule has 1 aromatic carbocycles. The fourth-order valence-corrected chi connectivity index (χ4v) is 4.15. The van der Waals surface area contributed by atoms with Gasteiger partial charge in [0.25, 0.3) is 0 Å². The molecular formula is C16H12FN3S2. The van der Waals surface area contributed by atoms with Crippen LogP contribution in [-0.4, -0.2) is 15.7 Å². The van der Waals surface area contributed by atoms with E-state index in [9.17, 15) is 4.39 Å². The first-order valence-electron chi connectivity index (χ1n) is 6.78. The molecule has 0 N–H and O–H groups in total. The normalized spacial score (nSPS) is 10.7. The highest BCUT2D eigenvalue weighted by molar-refractivity contribution is 7.99. The minimum atomic E-state index is -0.238. The molecule has 22 heavy (non-hydrogen) atoms. The van der Waals surface area contributed by atoms with Gasteiger partial charge in [0.15, 0.2) is 0 Å². The number of thioether (sulfide) groups is 1. The SMILES string of the molecule is N#CCCCSc1ncnc2cc(-c3ccc(F)cc3)sc12. The van der Waals surface area contributed by atoms with Crippen molar-refractivity contribution in [2.45, 2.75) is 17.9 Å². The van der Waals surface area contributed by atoms with Crippen molar-refractivity contribution < 1.29 is 4.39 Å². The van der Waals surface area contributed by atoms with Gasteiger partial charge in [0.1, 0.15) is 17.2 Å². The Morgan fingerprint density at radius 3 is 2.82 bits per heavy atom. The topological polar surface area (TPSA) is 49.6 Å². The Morgan fingerprint density at radius 2 is 2.05 bits per heavy atom. The van der Waals surface area contributed by atoms with Gasteiger partial charge in [-0.05, 0) is 30.2 Å². The number of nitrogens with zero attached hydrogens (tertiary/aromatic N) is 3. The summed E-state index contributed by atoms with van der Waals surface area (Å²) in [6, 6.07) is 10.6. The molecule has 0 aliphatic heterocycles. The highest BCUT2D eigenvalue weighted by atomic mass is 32.2. The van der Waals surface area contributed by atoms with E-state index in [4.69, 9.17) is 5.26 Å². The van der Waals surface area contributed by atoms with Gasteiger partial charge in [-0.25, -0.2) is 14.4 Å². The summed E-state index contributed by atoms with van der Waals surface area (Å²) in [6.07, 6.45) is 2.98. The van der Waals surface area contributed by atoms with Crippen molar-refractivity contribution >= 4 is 33.3 Å². The second kappa shape index (κ2) is 6.86. The largest absolute Gasteiger partial charge is 0.235 e. The molecule has 0 radical (unpaired) electrons. The first-order valence-corrected chi connectivity index (χ1v) is 8.58. The van der Waals surface area contributed by atoms with Gasteiger partial charge in [0.2, 0.25) is 0 Å². The molecule has 3 rings (SSSR count). The van der Waals surface area contributed by atoms with E-state index in [0.29, 0.717) is 6.42 Å². The molecule has 0 bridgehead atoms. The molecule has 6 heteroatoms. The number of halogens is 1. The van der Waals surface area contributed by atoms with Crippen LogP contribution >= 0.6 is 23.1 Å². The average molecular weight is 329 g/mol. The lowest BCUT2D eigenvalue weighted by molar-refractivity contribution is 0.628. The second-order valence-electron chi connectivity index (χ2n) is 4.62. The fraction of sp³-hybridized carbons (Fsp3) is 0.188. The van der Waals surface area contributed by atoms with Crippen LogP contribution in [0.2, 0.25) is 0 Å². The summed E-state index contributed by atoms with van der Waals surface area (Å²) in [4.78, 5) is 9.70. The van der Waals surface area contributed by atoms with E-state index in [1.165, 1.54) is 12.1 Å². The van der Waals surface area contributed by atoms with E-state index >= 15 is 0 Å². The second-order valence-corrected chi connectivity index (χ2v) is 6.76. The number of hydrogen-bond acceptors (Lipinski definition) is 5. The third-order valence-corrected chi connectivity index (χ3v) is 5.46. The quantitative estimate of drug-likeness (QED) is 0.380. The Morgan fingerprint density at radius 1 is 1.23 bits per heavy atom. The fourth-order valence-electron chi connectivity index (χ4n) is 2.01. The maximum atomic E-state index is 13.0. The molecule has 0 spiro atoms. The Bertz CT molecular complexity index is 822. The highest BCUT2D eigenvalue weighted by Crippen LogP contribution is 2.37. The van der Waals surface area contributed by atoms with Crippen LogP contribution in [0, 0.1) is 17.1 Å². The molecule has 110 valence electrons. The minimum absolute atomic E-state index is 0.238. The maximum absolute atomic E-state index is 13.0. The van der Waals surface area contributed by atoms with Crippen LogP contribution < -0.4 is 0 Å². The zero-order valence-corrected chi connectivity index (χ0v) is 13.3. The van der Waals surface area contributed by atoms with Crippen LogP contribution in [0.1, 0.15) is 12.8 Å². The van der Waals surface area contributed by atoms with Crippen molar-refractivity contribution in [3.05, 3.63) is 42.5 Å². The Balaban J connectivity index is 1.89. The van der Waals surface area contributed by atoms with Gasteiger partial charge in [-0.2, -0.15) is 5.26 Å². The lowest BCUT2D eigenvalue weighted by atomic mass is 10.2. The molecular weight excluding hydrogens is 317 g/mol. The van der Waals surface area contributed by atoms with Crippen molar-refractivity contribution in [1.29, 1.82) is 5.26 Å². The molecule has 0 fully saturated rings. The number of hydrogen-bond donors (Lipinski definition) is 0. The zero-order valence-electron chi connectivity index (χ0n) is 11.6. The summed E-state index contributed by atoms with van der Waals surface area (Å²) in [5.41, 5.74) is 1.88. The van der Waals surface area contributed by atoms with E-state index in [2.05, 4.69) is 16.0 Å². The lowest BCUT2D eigenvalue weighted by Gasteiger charge is -1.99. The number of unbranched alkanes of at least 4 members (excludes halogenated alkanes) is 1. The number of benzene rings is 1. The number of fused-ring (bicyclic) bond motifs is 1. The summed E-state index contributed by atoms with van der Waals surface area (Å²) in [5, 5.41) is 9.52. The molecule has 3 aromatic rings. The first kappa shape index (κ1) is 14.9. The van der Waals surface area contributed by atoms with Gasteiger partial charge < -0.3 is 0 Å². The minimum Gasteiger partial charge on any atom is -0.235 e. The van der Waals surface area contributed by atoms with Crippen molar-refractivity contribution in [1.82, 2.24) is 9.97 Å². The average Bonchev–Trinajstić information content (AvgIpc) is 2.97. The molecule has 3 nitrogen and oxygen atoms in total. The third-order valence-electron chi connectivity index (χ3n) is 3.08. The van der Waals surface area contributed by atoms with Crippen molar-refractivity contribution in [3.63, 3.8) is 0 Å². The standard InChI is InChI=1S/C16H12FN3S2/c17-12-5-3-11(4-6-12)14-9-13-15(22-14)16(20-10-19-13)21-8-2-1-7-18/h3-6,9-10H,1-2,8H2. The predicted molar refractivity (Wildman–Crippen MR) is 88.4 cm³/mol. The van der Waals surface area contributed by atoms with Crippen LogP contribution in [-0.2, 0) is 0 Å². The Hall–Kier alpha value is -1.97. The molecule has 0 atom stereocenters. The molecule has 2 heterocycles. The van der Waals surface area contributed by atoms with Gasteiger partial charge >= 0.3 is 0 Å². The maximum Gasteiger partial charge on any atom is 0.123 e. The number of rotatable bonds is 5. The molecule has 0 unspecified atom stereocenters. The van der Waals surface area contributed by atoms with Crippen LogP contribution in [0.15, 0.2) is 41.7 Å². The van der Waals surface area contributed by atoms with E-state index in [1.807, 2.05) is 6.07 Å². The smallest absolute Gasteiger partial charge is 0.123 e. The summed E-state index contributed by atoms with van der Waals surface area (Å²) in [6.45, 7) is 0. The Kier molecular flexibility index (Phi) is 4.66. The first-order chi connectivity index (χ1) is 10.8. The highest BCUT2D eigenvalue weighted by Gasteiger charge is 2.10. The molecule has 0 aliphatic rings. The van der Waals surface area contributed by atoms with Gasteiger partial charge in [0, 0.05) is 17.1 Å². The molecule has 0 amide bonds. The van der Waals surface area contributed by atoms with Crippen LogP contribution in [0.5, 0.6) is 0 Å². The zero-order chi connectivity index (χ0) is 15.4. The summed E-state index contributed by atoms with van der Waals surface area (Å²) < 4.78 is 14.1. The van der Waals surface area contributed by atoms with Crippen molar-refractivity contribution in [2.24, 2.45) is 0 Å². The van der Waals surface area contributed by atoms with E-state index in [0.717, 1.165) is 37.9 Å². The molecule has 0 aliphatic carbocycles.